The van der Waals surface area contributed by atoms with Crippen LogP contribution in [0.5, 0.6) is 5.75 Å². The molecule has 11 heteroatoms. The van der Waals surface area contributed by atoms with Crippen LogP contribution in [-0.4, -0.2) is 42.4 Å². The number of rotatable bonds is 7. The molecule has 1 atom stereocenters. The highest BCUT2D eigenvalue weighted by Crippen LogP contribution is 2.45. The fraction of sp³-hybridized carbons (Fsp3) is 0.261. The fourth-order valence-corrected chi connectivity index (χ4v) is 5.52. The van der Waals surface area contributed by atoms with E-state index < -0.39 is 5.91 Å². The molecular formula is C23H21Cl2N3O4S2. The standard InChI is InChI=1S/C23H21Cl2N3O4S2/c1-2-27-28(17-12-33-21(20(17)29)13-5-6-15(24)16(25)10-13)23(31)19-8-7-18(34-19)22(30)26-11-14-4-3-9-32-14/h2,5-8,10,12,14,29H,3-4,9,11H2,1H3,(H,26,30). The maximum atomic E-state index is 13.3. The topological polar surface area (TPSA) is 91.2 Å². The second kappa shape index (κ2) is 10.9. The Morgan fingerprint density at radius 3 is 2.76 bits per heavy atom. The summed E-state index contributed by atoms with van der Waals surface area (Å²) >= 11 is 14.4. The molecule has 0 saturated carbocycles. The Morgan fingerprint density at radius 1 is 1.26 bits per heavy atom. The Kier molecular flexibility index (Phi) is 7.90. The van der Waals surface area contributed by atoms with Gasteiger partial charge in [0.2, 0.25) is 0 Å². The number of thiophene rings is 2. The number of carbonyl (C=O) groups excluding carboxylic acids is 2. The van der Waals surface area contributed by atoms with Gasteiger partial charge in [0.15, 0.2) is 5.75 Å². The van der Waals surface area contributed by atoms with Crippen molar-refractivity contribution < 1.29 is 19.4 Å². The largest absolute Gasteiger partial charge is 0.504 e. The zero-order chi connectivity index (χ0) is 24.2. The molecule has 1 aliphatic heterocycles. The number of anilines is 1. The van der Waals surface area contributed by atoms with Crippen LogP contribution in [0.3, 0.4) is 0 Å². The van der Waals surface area contributed by atoms with Gasteiger partial charge in [-0.2, -0.15) is 10.1 Å². The minimum Gasteiger partial charge on any atom is -0.504 e. The third kappa shape index (κ3) is 5.29. The van der Waals surface area contributed by atoms with Gasteiger partial charge in [-0.05, 0) is 49.6 Å². The number of halogens is 2. The van der Waals surface area contributed by atoms with Gasteiger partial charge in [0.25, 0.3) is 11.8 Å². The molecule has 0 aliphatic carbocycles. The van der Waals surface area contributed by atoms with Crippen LogP contribution in [0.2, 0.25) is 10.0 Å². The van der Waals surface area contributed by atoms with Gasteiger partial charge in [-0.3, -0.25) is 9.59 Å². The second-order valence-corrected chi connectivity index (χ2v) is 10.2. The van der Waals surface area contributed by atoms with Crippen molar-refractivity contribution in [2.75, 3.05) is 18.2 Å². The number of hydrogen-bond donors (Lipinski definition) is 2. The van der Waals surface area contributed by atoms with Crippen molar-refractivity contribution in [3.05, 3.63) is 55.5 Å². The average Bonchev–Trinajstić information content (AvgIpc) is 3.59. The van der Waals surface area contributed by atoms with Gasteiger partial charge in [0.1, 0.15) is 5.69 Å². The number of benzene rings is 1. The third-order valence-electron chi connectivity index (χ3n) is 5.13. The molecule has 3 aromatic rings. The van der Waals surface area contributed by atoms with Crippen molar-refractivity contribution in [3.8, 4) is 16.2 Å². The third-order valence-corrected chi connectivity index (χ3v) is 7.95. The smallest absolute Gasteiger partial charge is 0.288 e. The summed E-state index contributed by atoms with van der Waals surface area (Å²) in [4.78, 5) is 27.0. The lowest BCUT2D eigenvalue weighted by atomic mass is 10.1. The Bertz CT molecular complexity index is 1230. The lowest BCUT2D eigenvalue weighted by Gasteiger charge is -2.15. The van der Waals surface area contributed by atoms with Crippen molar-refractivity contribution >= 4 is 69.6 Å². The number of hydrazone groups is 1. The molecule has 3 heterocycles. The Hall–Kier alpha value is -2.43. The fourth-order valence-electron chi connectivity index (χ4n) is 3.45. The quantitative estimate of drug-likeness (QED) is 0.283. The van der Waals surface area contributed by atoms with E-state index in [0.717, 1.165) is 29.2 Å². The normalized spacial score (nSPS) is 15.7. The Balaban J connectivity index is 1.54. The van der Waals surface area contributed by atoms with Gasteiger partial charge < -0.3 is 15.2 Å². The lowest BCUT2D eigenvalue weighted by molar-refractivity contribution is 0.0861. The first-order valence-corrected chi connectivity index (χ1v) is 12.9. The van der Waals surface area contributed by atoms with E-state index in [0.29, 0.717) is 43.4 Å². The van der Waals surface area contributed by atoms with E-state index in [1.54, 1.807) is 42.6 Å². The molecule has 2 aromatic heterocycles. The molecule has 0 spiro atoms. The van der Waals surface area contributed by atoms with Gasteiger partial charge in [0, 0.05) is 24.7 Å². The molecular weight excluding hydrogens is 517 g/mol. The summed E-state index contributed by atoms with van der Waals surface area (Å²) in [6, 6.07) is 8.21. The molecule has 7 nitrogen and oxygen atoms in total. The first kappa shape index (κ1) is 24.7. The summed E-state index contributed by atoms with van der Waals surface area (Å²) in [7, 11) is 0. The average molecular weight is 538 g/mol. The van der Waals surface area contributed by atoms with Crippen LogP contribution in [0.25, 0.3) is 10.4 Å². The zero-order valence-electron chi connectivity index (χ0n) is 18.1. The number of amides is 2. The molecule has 0 bridgehead atoms. The highest BCUT2D eigenvalue weighted by atomic mass is 35.5. The van der Waals surface area contributed by atoms with Crippen molar-refractivity contribution in [1.29, 1.82) is 0 Å². The number of nitrogens with one attached hydrogen (secondary N) is 1. The summed E-state index contributed by atoms with van der Waals surface area (Å²) in [6.45, 7) is 2.82. The van der Waals surface area contributed by atoms with Crippen LogP contribution in [0.1, 0.15) is 39.1 Å². The first-order chi connectivity index (χ1) is 16.4. The van der Waals surface area contributed by atoms with Crippen molar-refractivity contribution in [2.45, 2.75) is 25.9 Å². The lowest BCUT2D eigenvalue weighted by Crippen LogP contribution is -2.31. The summed E-state index contributed by atoms with van der Waals surface area (Å²) in [6.07, 6.45) is 3.41. The minimum atomic E-state index is -0.463. The molecule has 1 unspecified atom stereocenters. The highest BCUT2D eigenvalue weighted by molar-refractivity contribution is 7.16. The number of hydrogen-bond acceptors (Lipinski definition) is 7. The molecule has 1 aromatic carbocycles. The molecule has 1 saturated heterocycles. The summed E-state index contributed by atoms with van der Waals surface area (Å²) in [5.41, 5.74) is 0.893. The molecule has 34 heavy (non-hydrogen) atoms. The SMILES string of the molecule is CC=NN(C(=O)c1ccc(C(=O)NCC2CCCO2)s1)c1csc(-c2ccc(Cl)c(Cl)c2)c1O. The molecule has 178 valence electrons. The van der Waals surface area contributed by atoms with Crippen molar-refractivity contribution in [2.24, 2.45) is 5.10 Å². The van der Waals surface area contributed by atoms with E-state index in [1.165, 1.54) is 17.6 Å². The van der Waals surface area contributed by atoms with Crippen molar-refractivity contribution in [1.82, 2.24) is 5.32 Å². The summed E-state index contributed by atoms with van der Waals surface area (Å²) in [5, 5.41) is 21.4. The second-order valence-electron chi connectivity index (χ2n) is 7.43. The van der Waals surface area contributed by atoms with Crippen LogP contribution in [-0.2, 0) is 4.74 Å². The molecule has 4 rings (SSSR count). The molecule has 2 N–H and O–H groups in total. The molecule has 2 amide bonds. The predicted molar refractivity (Wildman–Crippen MR) is 138 cm³/mol. The van der Waals surface area contributed by atoms with E-state index in [4.69, 9.17) is 27.9 Å². The van der Waals surface area contributed by atoms with Crippen LogP contribution < -0.4 is 10.3 Å². The molecule has 1 aliphatic rings. The number of carbonyl (C=O) groups is 2. The van der Waals surface area contributed by atoms with Crippen LogP contribution >= 0.6 is 45.9 Å². The van der Waals surface area contributed by atoms with Crippen LogP contribution in [0, 0.1) is 0 Å². The molecule has 1 fully saturated rings. The van der Waals surface area contributed by atoms with E-state index in [1.807, 2.05) is 0 Å². The number of aromatic hydroxyl groups is 1. The first-order valence-electron chi connectivity index (χ1n) is 10.5. The number of ether oxygens (including phenoxy) is 1. The summed E-state index contributed by atoms with van der Waals surface area (Å²) < 4.78 is 5.52. The van der Waals surface area contributed by atoms with Gasteiger partial charge >= 0.3 is 0 Å². The van der Waals surface area contributed by atoms with Crippen LogP contribution in [0.4, 0.5) is 5.69 Å². The van der Waals surface area contributed by atoms with E-state index >= 15 is 0 Å². The Labute approximate surface area is 214 Å². The van der Waals surface area contributed by atoms with Crippen molar-refractivity contribution in [3.63, 3.8) is 0 Å². The van der Waals surface area contributed by atoms with Gasteiger partial charge in [-0.25, -0.2) is 0 Å². The zero-order valence-corrected chi connectivity index (χ0v) is 21.2. The van der Waals surface area contributed by atoms with E-state index in [9.17, 15) is 14.7 Å². The predicted octanol–water partition coefficient (Wildman–Crippen LogP) is 6.05. The maximum Gasteiger partial charge on any atom is 0.288 e. The van der Waals surface area contributed by atoms with E-state index in [-0.39, 0.29) is 23.4 Å². The van der Waals surface area contributed by atoms with Gasteiger partial charge in [-0.15, -0.1) is 22.7 Å². The molecule has 0 radical (unpaired) electrons. The highest BCUT2D eigenvalue weighted by Gasteiger charge is 2.26. The van der Waals surface area contributed by atoms with Gasteiger partial charge in [-0.1, -0.05) is 29.3 Å². The Morgan fingerprint density at radius 2 is 2.06 bits per heavy atom. The van der Waals surface area contributed by atoms with E-state index in [2.05, 4.69) is 10.4 Å². The minimum absolute atomic E-state index is 0.0330. The van der Waals surface area contributed by atoms with Gasteiger partial charge in [0.05, 0.1) is 30.8 Å². The monoisotopic (exact) mass is 537 g/mol. The summed E-state index contributed by atoms with van der Waals surface area (Å²) in [5.74, 6) is -0.825. The van der Waals surface area contributed by atoms with Crippen LogP contribution in [0.15, 0.2) is 40.8 Å². The maximum absolute atomic E-state index is 13.3. The number of nitrogens with zero attached hydrogens (tertiary/aromatic N) is 2.